The third kappa shape index (κ3) is 3.42. The standard InChI is InChI=1S/C21H16ClN3O3/c22-14-4-6-15(7-5-14)23-21(28)20-18-3-1-2-12-24(18)13-19(27)25(20)16-8-10-17(26)11-9-16/h1-12,20H,13H2,(H-,23,26,28)/p+1/t20-/m1/s1. The van der Waals surface area contributed by atoms with Gasteiger partial charge in [-0.05, 0) is 48.5 Å². The quantitative estimate of drug-likeness (QED) is 0.670. The van der Waals surface area contributed by atoms with Crippen LogP contribution in [0.25, 0.3) is 0 Å². The zero-order valence-corrected chi connectivity index (χ0v) is 15.5. The Morgan fingerprint density at radius 1 is 1.07 bits per heavy atom. The fourth-order valence-electron chi connectivity index (χ4n) is 3.28. The van der Waals surface area contributed by atoms with Gasteiger partial charge in [0.25, 0.3) is 11.8 Å². The number of pyridine rings is 1. The third-order valence-corrected chi connectivity index (χ3v) is 4.83. The van der Waals surface area contributed by atoms with E-state index in [2.05, 4.69) is 5.32 Å². The molecule has 1 aliphatic heterocycles. The molecule has 0 spiro atoms. The van der Waals surface area contributed by atoms with Gasteiger partial charge in [-0.1, -0.05) is 17.7 Å². The van der Waals surface area contributed by atoms with Crippen LogP contribution in [-0.2, 0) is 16.1 Å². The summed E-state index contributed by atoms with van der Waals surface area (Å²) >= 11 is 5.91. The number of hydrogen-bond donors (Lipinski definition) is 2. The summed E-state index contributed by atoms with van der Waals surface area (Å²) in [7, 11) is 0. The lowest BCUT2D eigenvalue weighted by Gasteiger charge is -2.32. The Hall–Kier alpha value is -3.38. The number of carbonyl (C=O) groups excluding carboxylic acids is 2. The van der Waals surface area contributed by atoms with Crippen molar-refractivity contribution in [2.75, 3.05) is 10.2 Å². The Bertz CT molecular complexity index is 1040. The lowest BCUT2D eigenvalue weighted by Crippen LogP contribution is -2.58. The van der Waals surface area contributed by atoms with Gasteiger partial charge < -0.3 is 10.4 Å². The van der Waals surface area contributed by atoms with Gasteiger partial charge in [0.05, 0.1) is 0 Å². The molecular weight excluding hydrogens is 378 g/mol. The van der Waals surface area contributed by atoms with Gasteiger partial charge in [0.15, 0.2) is 6.20 Å². The second-order valence-electron chi connectivity index (χ2n) is 6.43. The van der Waals surface area contributed by atoms with Crippen LogP contribution in [0.1, 0.15) is 11.7 Å². The Balaban J connectivity index is 1.75. The molecule has 1 aliphatic rings. The highest BCUT2D eigenvalue weighted by molar-refractivity contribution is 6.30. The van der Waals surface area contributed by atoms with Gasteiger partial charge >= 0.3 is 0 Å². The van der Waals surface area contributed by atoms with E-state index >= 15 is 0 Å². The fourth-order valence-corrected chi connectivity index (χ4v) is 3.41. The summed E-state index contributed by atoms with van der Waals surface area (Å²) in [4.78, 5) is 27.6. The van der Waals surface area contributed by atoms with Crippen LogP contribution in [0, 0.1) is 0 Å². The Labute approximate surface area is 166 Å². The lowest BCUT2D eigenvalue weighted by atomic mass is 10.0. The van der Waals surface area contributed by atoms with E-state index in [0.29, 0.717) is 22.1 Å². The zero-order valence-electron chi connectivity index (χ0n) is 14.7. The number of aromatic nitrogens is 1. The summed E-state index contributed by atoms with van der Waals surface area (Å²) in [6, 6.07) is 17.6. The minimum atomic E-state index is -0.859. The number of nitrogens with zero attached hydrogens (tertiary/aromatic N) is 2. The normalized spacial score (nSPS) is 15.8. The van der Waals surface area contributed by atoms with Crippen molar-refractivity contribution in [3.8, 4) is 5.75 Å². The van der Waals surface area contributed by atoms with Gasteiger partial charge in [-0.3, -0.25) is 14.5 Å². The summed E-state index contributed by atoms with van der Waals surface area (Å²) in [6.07, 6.45) is 1.78. The summed E-state index contributed by atoms with van der Waals surface area (Å²) < 4.78 is 1.77. The third-order valence-electron chi connectivity index (χ3n) is 4.58. The van der Waals surface area contributed by atoms with Crippen molar-refractivity contribution in [1.29, 1.82) is 0 Å². The van der Waals surface area contributed by atoms with Crippen LogP contribution in [0.5, 0.6) is 5.75 Å². The predicted molar refractivity (Wildman–Crippen MR) is 105 cm³/mol. The molecule has 1 atom stereocenters. The van der Waals surface area contributed by atoms with E-state index in [4.69, 9.17) is 11.6 Å². The average molecular weight is 395 g/mol. The first kappa shape index (κ1) is 18.0. The highest BCUT2D eigenvalue weighted by atomic mass is 35.5. The number of carbonyl (C=O) groups is 2. The Morgan fingerprint density at radius 2 is 1.79 bits per heavy atom. The first-order chi connectivity index (χ1) is 13.5. The summed E-state index contributed by atoms with van der Waals surface area (Å²) in [6.45, 7) is 0.127. The monoisotopic (exact) mass is 394 g/mol. The minimum Gasteiger partial charge on any atom is -0.508 e. The van der Waals surface area contributed by atoms with Crippen molar-refractivity contribution in [2.45, 2.75) is 12.6 Å². The highest BCUT2D eigenvalue weighted by Crippen LogP contribution is 2.31. The fraction of sp³-hybridized carbons (Fsp3) is 0.0952. The largest absolute Gasteiger partial charge is 0.508 e. The molecule has 0 saturated heterocycles. The zero-order chi connectivity index (χ0) is 19.7. The van der Waals surface area contributed by atoms with Gasteiger partial charge in [0.2, 0.25) is 18.3 Å². The number of amides is 2. The van der Waals surface area contributed by atoms with Crippen LogP contribution in [0.4, 0.5) is 11.4 Å². The molecule has 0 fully saturated rings. The number of phenolic OH excluding ortho intramolecular Hbond substituents is 1. The van der Waals surface area contributed by atoms with Gasteiger partial charge in [0, 0.05) is 28.5 Å². The summed E-state index contributed by atoms with van der Waals surface area (Å²) in [5.74, 6) is -0.473. The number of fused-ring (bicyclic) bond motifs is 1. The number of anilines is 2. The number of phenols is 1. The van der Waals surface area contributed by atoms with Crippen molar-refractivity contribution >= 4 is 34.8 Å². The number of nitrogens with one attached hydrogen (secondary N) is 1. The van der Waals surface area contributed by atoms with Crippen LogP contribution in [-0.4, -0.2) is 16.9 Å². The molecule has 3 aromatic rings. The van der Waals surface area contributed by atoms with Crippen LogP contribution >= 0.6 is 11.6 Å². The first-order valence-corrected chi connectivity index (χ1v) is 9.06. The minimum absolute atomic E-state index is 0.0881. The van der Waals surface area contributed by atoms with Crippen LogP contribution in [0.3, 0.4) is 0 Å². The number of aromatic hydroxyl groups is 1. The first-order valence-electron chi connectivity index (χ1n) is 8.69. The second-order valence-corrected chi connectivity index (χ2v) is 6.87. The molecule has 0 radical (unpaired) electrons. The highest BCUT2D eigenvalue weighted by Gasteiger charge is 2.43. The van der Waals surface area contributed by atoms with E-state index in [1.165, 1.54) is 17.0 Å². The maximum atomic E-state index is 13.2. The van der Waals surface area contributed by atoms with E-state index in [-0.39, 0.29) is 24.1 Å². The molecular formula is C21H17ClN3O3+. The Kier molecular flexibility index (Phi) is 4.71. The van der Waals surface area contributed by atoms with Crippen molar-refractivity contribution in [3.05, 3.63) is 83.6 Å². The molecule has 2 amide bonds. The molecule has 1 aromatic heterocycles. The summed E-state index contributed by atoms with van der Waals surface area (Å²) in [5.41, 5.74) is 1.82. The molecule has 2 heterocycles. The smallest absolute Gasteiger partial charge is 0.294 e. The van der Waals surface area contributed by atoms with E-state index in [1.807, 2.05) is 18.2 Å². The van der Waals surface area contributed by atoms with Crippen molar-refractivity contribution in [3.63, 3.8) is 0 Å². The average Bonchev–Trinajstić information content (AvgIpc) is 2.69. The van der Waals surface area contributed by atoms with E-state index in [1.54, 1.807) is 47.2 Å². The molecule has 2 N–H and O–H groups in total. The molecule has 140 valence electrons. The topological polar surface area (TPSA) is 73.5 Å². The predicted octanol–water partition coefficient (Wildman–Crippen LogP) is 3.06. The van der Waals surface area contributed by atoms with Crippen molar-refractivity contribution in [2.24, 2.45) is 0 Å². The van der Waals surface area contributed by atoms with Gasteiger partial charge in [-0.15, -0.1) is 0 Å². The Morgan fingerprint density at radius 3 is 2.50 bits per heavy atom. The van der Waals surface area contributed by atoms with E-state index < -0.39 is 6.04 Å². The molecule has 6 nitrogen and oxygen atoms in total. The van der Waals surface area contributed by atoms with Gasteiger partial charge in [0.1, 0.15) is 5.75 Å². The van der Waals surface area contributed by atoms with Gasteiger partial charge in [-0.2, -0.15) is 4.57 Å². The van der Waals surface area contributed by atoms with Crippen LogP contribution in [0.2, 0.25) is 5.02 Å². The SMILES string of the molecule is O=C(Nc1ccc(Cl)cc1)[C@H]1c2cccc[n+]2CC(=O)N1c1ccc(O)cc1. The molecule has 28 heavy (non-hydrogen) atoms. The molecule has 0 aliphatic carbocycles. The molecule has 7 heteroatoms. The lowest BCUT2D eigenvalue weighted by molar-refractivity contribution is -0.695. The number of hydrogen-bond acceptors (Lipinski definition) is 3. The molecule has 2 aromatic carbocycles. The van der Waals surface area contributed by atoms with Crippen molar-refractivity contribution in [1.82, 2.24) is 0 Å². The molecule has 4 rings (SSSR count). The maximum Gasteiger partial charge on any atom is 0.294 e. The van der Waals surface area contributed by atoms with E-state index in [9.17, 15) is 14.7 Å². The molecule has 0 bridgehead atoms. The number of benzene rings is 2. The van der Waals surface area contributed by atoms with Crippen LogP contribution < -0.4 is 14.8 Å². The van der Waals surface area contributed by atoms with Crippen molar-refractivity contribution < 1.29 is 19.3 Å². The second kappa shape index (κ2) is 7.32. The number of rotatable bonds is 3. The maximum absolute atomic E-state index is 13.2. The number of halogens is 1. The van der Waals surface area contributed by atoms with Crippen LogP contribution in [0.15, 0.2) is 72.9 Å². The molecule has 0 saturated carbocycles. The molecule has 0 unspecified atom stereocenters. The summed E-state index contributed by atoms with van der Waals surface area (Å²) in [5, 5.41) is 13.0. The van der Waals surface area contributed by atoms with E-state index in [0.717, 1.165) is 0 Å². The van der Waals surface area contributed by atoms with Gasteiger partial charge in [-0.25, -0.2) is 0 Å².